The number of methoxy groups -OCH3 is 1. The summed E-state index contributed by atoms with van der Waals surface area (Å²) in [5.41, 5.74) is 2.77. The van der Waals surface area contributed by atoms with Crippen LogP contribution < -0.4 is 4.90 Å². The Kier molecular flexibility index (Phi) is 5.67. The summed E-state index contributed by atoms with van der Waals surface area (Å²) in [7, 11) is 1.76. The lowest BCUT2D eigenvalue weighted by Gasteiger charge is -2.21. The molecule has 0 spiro atoms. The molecule has 3 nitrogen and oxygen atoms in total. The van der Waals surface area contributed by atoms with Crippen LogP contribution in [0.4, 0.5) is 5.69 Å². The highest BCUT2D eigenvalue weighted by molar-refractivity contribution is 5.48. The fourth-order valence-electron chi connectivity index (χ4n) is 2.62. The number of hydrogen-bond acceptors (Lipinski definition) is 3. The van der Waals surface area contributed by atoms with E-state index in [0.717, 1.165) is 26.2 Å². The normalized spacial score (nSPS) is 15.4. The van der Waals surface area contributed by atoms with E-state index < -0.39 is 0 Å². The van der Waals surface area contributed by atoms with Crippen LogP contribution in [-0.4, -0.2) is 44.8 Å². The van der Waals surface area contributed by atoms with Gasteiger partial charge in [-0.1, -0.05) is 19.1 Å². The van der Waals surface area contributed by atoms with E-state index in [-0.39, 0.29) is 0 Å². The van der Waals surface area contributed by atoms with Crippen LogP contribution in [0.1, 0.15) is 25.3 Å². The largest absolute Gasteiger partial charge is 0.383 e. The van der Waals surface area contributed by atoms with Gasteiger partial charge in [-0.3, -0.25) is 4.90 Å². The third-order valence-electron chi connectivity index (χ3n) is 3.87. The van der Waals surface area contributed by atoms with Crippen molar-refractivity contribution in [1.29, 1.82) is 0 Å². The molecule has 0 N–H and O–H groups in total. The van der Waals surface area contributed by atoms with Gasteiger partial charge < -0.3 is 9.64 Å². The molecule has 0 unspecified atom stereocenters. The van der Waals surface area contributed by atoms with Crippen molar-refractivity contribution in [2.75, 3.05) is 44.8 Å². The Balaban J connectivity index is 1.89. The van der Waals surface area contributed by atoms with E-state index in [1.807, 2.05) is 0 Å². The first-order valence-electron chi connectivity index (χ1n) is 7.38. The van der Waals surface area contributed by atoms with Crippen molar-refractivity contribution in [2.45, 2.75) is 26.3 Å². The molecule has 1 aromatic rings. The van der Waals surface area contributed by atoms with Crippen molar-refractivity contribution in [2.24, 2.45) is 0 Å². The summed E-state index contributed by atoms with van der Waals surface area (Å²) in [5, 5.41) is 0. The van der Waals surface area contributed by atoms with Crippen molar-refractivity contribution in [3.8, 4) is 0 Å². The third kappa shape index (κ3) is 4.22. The molecule has 0 aromatic heterocycles. The van der Waals surface area contributed by atoms with Gasteiger partial charge >= 0.3 is 0 Å². The standard InChI is InChI=1S/C16H26N2O/c1-3-17(12-13-19-2)14-15-6-8-16(9-7-15)18-10-4-5-11-18/h6-9H,3-5,10-14H2,1-2H3. The lowest BCUT2D eigenvalue weighted by atomic mass is 10.2. The van der Waals surface area contributed by atoms with E-state index in [4.69, 9.17) is 4.74 Å². The van der Waals surface area contributed by atoms with Gasteiger partial charge in [-0.2, -0.15) is 0 Å². The molecule has 1 aliphatic heterocycles. The summed E-state index contributed by atoms with van der Waals surface area (Å²) in [4.78, 5) is 4.89. The molecule has 0 bridgehead atoms. The van der Waals surface area contributed by atoms with E-state index in [2.05, 4.69) is 41.0 Å². The van der Waals surface area contributed by atoms with Crippen LogP contribution in [0.15, 0.2) is 24.3 Å². The van der Waals surface area contributed by atoms with Gasteiger partial charge in [0.05, 0.1) is 6.61 Å². The molecule has 1 heterocycles. The highest BCUT2D eigenvalue weighted by atomic mass is 16.5. The molecule has 106 valence electrons. The van der Waals surface area contributed by atoms with Gasteiger partial charge in [0, 0.05) is 39.0 Å². The van der Waals surface area contributed by atoms with Crippen LogP contribution in [0.25, 0.3) is 0 Å². The molecule has 0 saturated carbocycles. The first-order valence-corrected chi connectivity index (χ1v) is 7.38. The predicted molar refractivity (Wildman–Crippen MR) is 80.7 cm³/mol. The minimum absolute atomic E-state index is 0.805. The Bertz CT molecular complexity index is 358. The van der Waals surface area contributed by atoms with E-state index in [9.17, 15) is 0 Å². The quantitative estimate of drug-likeness (QED) is 0.751. The summed E-state index contributed by atoms with van der Waals surface area (Å²) in [6.07, 6.45) is 2.67. The number of rotatable bonds is 7. The van der Waals surface area contributed by atoms with Crippen molar-refractivity contribution in [3.63, 3.8) is 0 Å². The van der Waals surface area contributed by atoms with E-state index in [1.54, 1.807) is 7.11 Å². The second kappa shape index (κ2) is 7.51. The van der Waals surface area contributed by atoms with Crippen LogP contribution in [0.3, 0.4) is 0 Å². The van der Waals surface area contributed by atoms with Gasteiger partial charge in [-0.05, 0) is 37.1 Å². The molecule has 1 fully saturated rings. The van der Waals surface area contributed by atoms with E-state index in [0.29, 0.717) is 0 Å². The molecule has 1 saturated heterocycles. The number of ether oxygens (including phenoxy) is 1. The summed E-state index contributed by atoms with van der Waals surface area (Å²) in [5.74, 6) is 0. The van der Waals surface area contributed by atoms with Crippen molar-refractivity contribution < 1.29 is 4.74 Å². The lowest BCUT2D eigenvalue weighted by Crippen LogP contribution is -2.26. The summed E-state index contributed by atoms with van der Waals surface area (Å²) in [6, 6.07) is 9.07. The summed E-state index contributed by atoms with van der Waals surface area (Å²) < 4.78 is 5.15. The van der Waals surface area contributed by atoms with Gasteiger partial charge in [-0.15, -0.1) is 0 Å². The molecule has 0 aliphatic carbocycles. The summed E-state index contributed by atoms with van der Waals surface area (Å²) >= 11 is 0. The van der Waals surface area contributed by atoms with Crippen LogP contribution in [0.5, 0.6) is 0 Å². The molecule has 2 rings (SSSR count). The topological polar surface area (TPSA) is 15.7 Å². The molecule has 1 aliphatic rings. The number of nitrogens with zero attached hydrogens (tertiary/aromatic N) is 2. The minimum Gasteiger partial charge on any atom is -0.383 e. The zero-order valence-electron chi connectivity index (χ0n) is 12.3. The maximum absolute atomic E-state index is 5.15. The van der Waals surface area contributed by atoms with Gasteiger partial charge in [0.1, 0.15) is 0 Å². The zero-order chi connectivity index (χ0) is 13.5. The maximum Gasteiger partial charge on any atom is 0.0589 e. The molecule has 1 aromatic carbocycles. The number of anilines is 1. The SMILES string of the molecule is CCN(CCOC)Cc1ccc(N2CCCC2)cc1. The first kappa shape index (κ1) is 14.4. The molecule has 0 atom stereocenters. The Labute approximate surface area is 117 Å². The first-order chi connectivity index (χ1) is 9.33. The molecule has 19 heavy (non-hydrogen) atoms. The highest BCUT2D eigenvalue weighted by Crippen LogP contribution is 2.20. The van der Waals surface area contributed by atoms with E-state index >= 15 is 0 Å². The Hall–Kier alpha value is -1.06. The second-order valence-corrected chi connectivity index (χ2v) is 5.22. The van der Waals surface area contributed by atoms with Gasteiger partial charge in [0.25, 0.3) is 0 Å². The molecular formula is C16H26N2O. The Morgan fingerprint density at radius 2 is 1.84 bits per heavy atom. The van der Waals surface area contributed by atoms with Crippen LogP contribution in [-0.2, 0) is 11.3 Å². The van der Waals surface area contributed by atoms with Crippen molar-refractivity contribution >= 4 is 5.69 Å². The van der Waals surface area contributed by atoms with Crippen molar-refractivity contribution in [3.05, 3.63) is 29.8 Å². The van der Waals surface area contributed by atoms with Crippen LogP contribution in [0.2, 0.25) is 0 Å². The average Bonchev–Trinajstić information content (AvgIpc) is 2.98. The highest BCUT2D eigenvalue weighted by Gasteiger charge is 2.12. The third-order valence-corrected chi connectivity index (χ3v) is 3.87. The maximum atomic E-state index is 5.15. The Morgan fingerprint density at radius 1 is 1.16 bits per heavy atom. The fraction of sp³-hybridized carbons (Fsp3) is 0.625. The molecule has 3 heteroatoms. The minimum atomic E-state index is 0.805. The van der Waals surface area contributed by atoms with E-state index in [1.165, 1.54) is 37.2 Å². The lowest BCUT2D eigenvalue weighted by molar-refractivity contribution is 0.147. The van der Waals surface area contributed by atoms with Crippen LogP contribution >= 0.6 is 0 Å². The average molecular weight is 262 g/mol. The second-order valence-electron chi connectivity index (χ2n) is 5.22. The molecule has 0 radical (unpaired) electrons. The van der Waals surface area contributed by atoms with Crippen molar-refractivity contribution in [1.82, 2.24) is 4.90 Å². The summed E-state index contributed by atoms with van der Waals surface area (Å²) in [6.45, 7) is 8.52. The fourth-order valence-corrected chi connectivity index (χ4v) is 2.62. The number of likely N-dealkylation sites (N-methyl/N-ethyl adjacent to an activating group) is 1. The monoisotopic (exact) mass is 262 g/mol. The van der Waals surface area contributed by atoms with Gasteiger partial charge in [-0.25, -0.2) is 0 Å². The van der Waals surface area contributed by atoms with Crippen LogP contribution in [0, 0.1) is 0 Å². The molecule has 0 amide bonds. The Morgan fingerprint density at radius 3 is 2.42 bits per heavy atom. The molecular weight excluding hydrogens is 236 g/mol. The number of benzene rings is 1. The number of hydrogen-bond donors (Lipinski definition) is 0. The predicted octanol–water partition coefficient (Wildman–Crippen LogP) is 2.76. The zero-order valence-corrected chi connectivity index (χ0v) is 12.3. The smallest absolute Gasteiger partial charge is 0.0589 e. The van der Waals surface area contributed by atoms with Gasteiger partial charge in [0.2, 0.25) is 0 Å². The van der Waals surface area contributed by atoms with Gasteiger partial charge in [0.15, 0.2) is 0 Å².